The van der Waals surface area contributed by atoms with Crippen molar-refractivity contribution in [3.63, 3.8) is 0 Å². The van der Waals surface area contributed by atoms with Crippen LogP contribution < -0.4 is 9.47 Å². The third kappa shape index (κ3) is 5.33. The second-order valence-electron chi connectivity index (χ2n) is 11.4. The fourth-order valence-electron chi connectivity index (χ4n) is 6.28. The van der Waals surface area contributed by atoms with Gasteiger partial charge in [-0.15, -0.1) is 0 Å². The third-order valence-electron chi connectivity index (χ3n) is 8.45. The first kappa shape index (κ1) is 28.4. The smallest absolute Gasteiger partial charge is 0.141 e. The van der Waals surface area contributed by atoms with Gasteiger partial charge in [0.1, 0.15) is 23.1 Å². The summed E-state index contributed by atoms with van der Waals surface area (Å²) in [5.41, 5.74) is 8.83. The molecule has 7 aromatic rings. The van der Waals surface area contributed by atoms with Crippen LogP contribution in [0.3, 0.4) is 0 Å². The van der Waals surface area contributed by atoms with Gasteiger partial charge in [0.25, 0.3) is 0 Å². The number of hydrogen-bond acceptors (Lipinski definition) is 4. The number of ether oxygens (including phenoxy) is 2. The lowest BCUT2D eigenvalue weighted by Gasteiger charge is -2.11. The van der Waals surface area contributed by atoms with Crippen molar-refractivity contribution in [1.82, 2.24) is 19.3 Å². The van der Waals surface area contributed by atoms with Crippen LogP contribution in [0.2, 0.25) is 0 Å². The van der Waals surface area contributed by atoms with Gasteiger partial charge in [-0.3, -0.25) is 4.57 Å². The predicted octanol–water partition coefficient (Wildman–Crippen LogP) is 9.79. The van der Waals surface area contributed by atoms with Crippen LogP contribution in [0.25, 0.3) is 44.4 Å². The molecule has 0 amide bonds. The fraction of sp³-hybridized carbons (Fsp3) is 0.179. The van der Waals surface area contributed by atoms with E-state index in [0.29, 0.717) is 0 Å². The highest BCUT2D eigenvalue weighted by Crippen LogP contribution is 2.37. The molecule has 0 N–H and O–H groups in total. The van der Waals surface area contributed by atoms with E-state index in [9.17, 15) is 0 Å². The van der Waals surface area contributed by atoms with Gasteiger partial charge in [0, 0.05) is 46.4 Å². The molecule has 6 nitrogen and oxygen atoms in total. The molecule has 0 aliphatic carbocycles. The van der Waals surface area contributed by atoms with Crippen LogP contribution in [0.1, 0.15) is 36.7 Å². The Morgan fingerprint density at radius 2 is 1.58 bits per heavy atom. The minimum absolute atomic E-state index is 0.740. The average Bonchev–Trinajstić information content (AvgIpc) is 3.56. The molecular weight excluding hydrogens is 556 g/mol. The summed E-state index contributed by atoms with van der Waals surface area (Å²) in [6.45, 7) is 6.41. The summed E-state index contributed by atoms with van der Waals surface area (Å²) in [5, 5.41) is 7.26. The number of benzene rings is 4. The van der Waals surface area contributed by atoms with E-state index in [2.05, 4.69) is 86.0 Å². The number of hydrogen-bond donors (Lipinski definition) is 0. The van der Waals surface area contributed by atoms with Crippen LogP contribution in [-0.2, 0) is 6.42 Å². The van der Waals surface area contributed by atoms with Crippen LogP contribution in [0.4, 0.5) is 0 Å². The Bertz CT molecular complexity index is 2140. The summed E-state index contributed by atoms with van der Waals surface area (Å²) in [5.74, 6) is 3.05. The summed E-state index contributed by atoms with van der Waals surface area (Å²) < 4.78 is 16.3. The first-order chi connectivity index (χ1) is 22.0. The number of methoxy groups -OCH3 is 1. The Morgan fingerprint density at radius 1 is 0.733 bits per heavy atom. The van der Waals surface area contributed by atoms with E-state index in [0.717, 1.165) is 74.1 Å². The van der Waals surface area contributed by atoms with Crippen molar-refractivity contribution in [2.24, 2.45) is 0 Å². The highest BCUT2D eigenvalue weighted by Gasteiger charge is 2.17. The Balaban J connectivity index is 1.29. The van der Waals surface area contributed by atoms with E-state index in [1.165, 1.54) is 23.8 Å². The maximum atomic E-state index is 6.52. The maximum absolute atomic E-state index is 6.52. The molecule has 0 spiro atoms. The largest absolute Gasteiger partial charge is 0.497 e. The first-order valence-electron chi connectivity index (χ1n) is 15.5. The van der Waals surface area contributed by atoms with Gasteiger partial charge in [0.05, 0.1) is 29.5 Å². The molecule has 0 unspecified atom stereocenters. The number of fused-ring (bicyclic) bond motifs is 3. The Hall–Kier alpha value is -5.36. The minimum Gasteiger partial charge on any atom is -0.497 e. The van der Waals surface area contributed by atoms with Gasteiger partial charge in [-0.1, -0.05) is 55.8 Å². The standard InChI is InChI=1S/C39H36N4O2/c1-5-6-11-28-16-19-36-35(22-28)34-18-17-33(24-37(34)42(36)38-25-31(44-4)20-21-40-38)45-32-15-10-14-30(23-32)43-27(3)39(26(2)41-43)29-12-8-7-9-13-29/h7-10,12-25H,5-6,11H2,1-4H3. The predicted molar refractivity (Wildman–Crippen MR) is 182 cm³/mol. The second-order valence-corrected chi connectivity index (χ2v) is 11.4. The van der Waals surface area contributed by atoms with Crippen molar-refractivity contribution in [2.75, 3.05) is 7.11 Å². The maximum Gasteiger partial charge on any atom is 0.141 e. The minimum atomic E-state index is 0.740. The molecule has 224 valence electrons. The lowest BCUT2D eigenvalue weighted by atomic mass is 10.0. The quantitative estimate of drug-likeness (QED) is 0.167. The lowest BCUT2D eigenvalue weighted by Crippen LogP contribution is -2.00. The molecule has 0 fully saturated rings. The van der Waals surface area contributed by atoms with Gasteiger partial charge in [0.15, 0.2) is 0 Å². The molecule has 4 aromatic carbocycles. The van der Waals surface area contributed by atoms with Gasteiger partial charge >= 0.3 is 0 Å². The van der Waals surface area contributed by atoms with E-state index < -0.39 is 0 Å². The van der Waals surface area contributed by atoms with Crippen molar-refractivity contribution in [3.05, 3.63) is 126 Å². The molecule has 6 heteroatoms. The molecule has 0 atom stereocenters. The van der Waals surface area contributed by atoms with Crippen molar-refractivity contribution in [1.29, 1.82) is 0 Å². The molecule has 45 heavy (non-hydrogen) atoms. The Kier molecular flexibility index (Phi) is 7.55. The molecular formula is C39H36N4O2. The average molecular weight is 593 g/mol. The van der Waals surface area contributed by atoms with Gasteiger partial charge in [-0.2, -0.15) is 5.10 Å². The molecule has 3 aromatic heterocycles. The number of unbranched alkanes of at least 4 members (excludes halogenated alkanes) is 1. The van der Waals surface area contributed by atoms with Crippen LogP contribution in [0, 0.1) is 13.8 Å². The zero-order valence-corrected chi connectivity index (χ0v) is 26.1. The zero-order chi connectivity index (χ0) is 30.9. The normalized spacial score (nSPS) is 11.4. The van der Waals surface area contributed by atoms with E-state index >= 15 is 0 Å². The number of rotatable bonds is 9. The monoisotopic (exact) mass is 592 g/mol. The fourth-order valence-corrected chi connectivity index (χ4v) is 6.28. The highest BCUT2D eigenvalue weighted by molar-refractivity contribution is 6.09. The van der Waals surface area contributed by atoms with Gasteiger partial charge in [0.2, 0.25) is 0 Å². The second kappa shape index (κ2) is 12.0. The molecule has 0 saturated heterocycles. The van der Waals surface area contributed by atoms with Crippen molar-refractivity contribution >= 4 is 21.8 Å². The molecule has 0 aliphatic rings. The molecule has 3 heterocycles. The van der Waals surface area contributed by atoms with Gasteiger partial charge in [-0.25, -0.2) is 9.67 Å². The van der Waals surface area contributed by atoms with Crippen LogP contribution >= 0.6 is 0 Å². The van der Waals surface area contributed by atoms with Crippen LogP contribution in [0.5, 0.6) is 17.2 Å². The molecule has 0 saturated carbocycles. The van der Waals surface area contributed by atoms with Crippen LogP contribution in [0.15, 0.2) is 109 Å². The summed E-state index contributed by atoms with van der Waals surface area (Å²) in [4.78, 5) is 4.73. The van der Waals surface area contributed by atoms with Crippen molar-refractivity contribution in [2.45, 2.75) is 40.0 Å². The summed E-state index contributed by atoms with van der Waals surface area (Å²) in [6.07, 6.45) is 5.19. The summed E-state index contributed by atoms with van der Waals surface area (Å²) in [6, 6.07) is 35.4. The molecule has 7 rings (SSSR count). The van der Waals surface area contributed by atoms with Gasteiger partial charge < -0.3 is 9.47 Å². The first-order valence-corrected chi connectivity index (χ1v) is 15.5. The van der Waals surface area contributed by atoms with Crippen LogP contribution in [-0.4, -0.2) is 26.4 Å². The lowest BCUT2D eigenvalue weighted by molar-refractivity contribution is 0.414. The Morgan fingerprint density at radius 3 is 2.40 bits per heavy atom. The van der Waals surface area contributed by atoms with Crippen molar-refractivity contribution < 1.29 is 9.47 Å². The summed E-state index contributed by atoms with van der Waals surface area (Å²) >= 11 is 0. The third-order valence-corrected chi connectivity index (χ3v) is 8.45. The van der Waals surface area contributed by atoms with Crippen molar-refractivity contribution in [3.8, 4) is 39.9 Å². The van der Waals surface area contributed by atoms with E-state index in [-0.39, 0.29) is 0 Å². The SMILES string of the molecule is CCCCc1ccc2c(c1)c1ccc(Oc3cccc(-n4nc(C)c(-c5ccccc5)c4C)c3)cc1n2-c1cc(OC)ccn1. The number of pyridine rings is 1. The zero-order valence-electron chi connectivity index (χ0n) is 26.1. The number of aromatic nitrogens is 4. The molecule has 0 bridgehead atoms. The Labute approximate surface area is 263 Å². The topological polar surface area (TPSA) is 54.1 Å². The number of nitrogens with zero attached hydrogens (tertiary/aromatic N) is 4. The van der Waals surface area contributed by atoms with E-state index in [1.807, 2.05) is 47.1 Å². The highest BCUT2D eigenvalue weighted by atomic mass is 16.5. The molecule has 0 aliphatic heterocycles. The van der Waals surface area contributed by atoms with E-state index in [4.69, 9.17) is 19.6 Å². The van der Waals surface area contributed by atoms with Gasteiger partial charge in [-0.05, 0) is 80.3 Å². The number of aryl methyl sites for hydroxylation is 2. The molecule has 0 radical (unpaired) electrons. The summed E-state index contributed by atoms with van der Waals surface area (Å²) in [7, 11) is 1.68. The van der Waals surface area contributed by atoms with E-state index in [1.54, 1.807) is 13.3 Å².